The summed E-state index contributed by atoms with van der Waals surface area (Å²) in [6.07, 6.45) is 1.82. The second-order valence-electron chi connectivity index (χ2n) is 7.53. The highest BCUT2D eigenvalue weighted by atomic mass is 19.1. The third kappa shape index (κ3) is 3.61. The highest BCUT2D eigenvalue weighted by Gasteiger charge is 2.29. The third-order valence-electron chi connectivity index (χ3n) is 5.22. The van der Waals surface area contributed by atoms with Crippen molar-refractivity contribution in [3.8, 4) is 11.3 Å². The first kappa shape index (κ1) is 19.5. The Morgan fingerprint density at radius 2 is 1.90 bits per heavy atom. The lowest BCUT2D eigenvalue weighted by molar-refractivity contribution is 0.203. The molecule has 1 fully saturated rings. The van der Waals surface area contributed by atoms with Crippen LogP contribution in [0.15, 0.2) is 29.1 Å². The molecule has 1 aromatic carbocycles. The van der Waals surface area contributed by atoms with E-state index in [0.29, 0.717) is 16.9 Å². The lowest BCUT2D eigenvalue weighted by Gasteiger charge is -2.18. The van der Waals surface area contributed by atoms with E-state index in [2.05, 4.69) is 15.3 Å². The minimum atomic E-state index is -0.638. The second kappa shape index (κ2) is 7.53. The van der Waals surface area contributed by atoms with Crippen molar-refractivity contribution in [1.82, 2.24) is 14.5 Å². The molecular formula is C21H23FN4O3. The van der Waals surface area contributed by atoms with E-state index in [0.717, 1.165) is 29.4 Å². The first-order valence-electron chi connectivity index (χ1n) is 9.61. The lowest BCUT2D eigenvalue weighted by Crippen LogP contribution is -2.29. The number of hydrogen-bond acceptors (Lipinski definition) is 6. The molecule has 1 saturated carbocycles. The van der Waals surface area contributed by atoms with Crippen LogP contribution in [0.1, 0.15) is 30.0 Å². The van der Waals surface area contributed by atoms with Crippen LogP contribution in [0.4, 0.5) is 10.3 Å². The van der Waals surface area contributed by atoms with Crippen LogP contribution in [0, 0.1) is 19.7 Å². The van der Waals surface area contributed by atoms with Crippen LogP contribution in [0.3, 0.4) is 0 Å². The van der Waals surface area contributed by atoms with Crippen LogP contribution < -0.4 is 10.9 Å². The number of aromatic nitrogens is 3. The summed E-state index contributed by atoms with van der Waals surface area (Å²) in [6, 6.07) is 5.52. The summed E-state index contributed by atoms with van der Waals surface area (Å²) in [4.78, 5) is 21.9. The molecule has 2 aromatic heterocycles. The number of fused-ring (bicyclic) bond motifs is 1. The number of aliphatic hydroxyl groups excluding tert-OH is 2. The molecule has 4 rings (SSSR count). The minimum Gasteiger partial charge on any atom is -0.394 e. The number of nitrogens with zero attached hydrogens (tertiary/aromatic N) is 3. The number of hydrogen-bond donors (Lipinski definition) is 3. The van der Waals surface area contributed by atoms with E-state index in [1.165, 1.54) is 12.1 Å². The monoisotopic (exact) mass is 398 g/mol. The fourth-order valence-corrected chi connectivity index (χ4v) is 3.59. The van der Waals surface area contributed by atoms with Gasteiger partial charge in [-0.25, -0.2) is 9.37 Å². The van der Waals surface area contributed by atoms with Crippen LogP contribution in [0.5, 0.6) is 0 Å². The van der Waals surface area contributed by atoms with Gasteiger partial charge in [-0.3, -0.25) is 9.36 Å². The van der Waals surface area contributed by atoms with E-state index in [1.807, 2.05) is 6.92 Å². The summed E-state index contributed by atoms with van der Waals surface area (Å²) in [5.74, 6) is -0.140. The molecule has 8 heteroatoms. The Labute approximate surface area is 166 Å². The van der Waals surface area contributed by atoms with Gasteiger partial charge in [-0.05, 0) is 56.0 Å². The molecule has 152 valence electrons. The van der Waals surface area contributed by atoms with Gasteiger partial charge in [-0.1, -0.05) is 0 Å². The van der Waals surface area contributed by atoms with E-state index in [9.17, 15) is 19.4 Å². The standard InChI is InChI=1S/C21H23FN4O3/c1-11-7-13(22)3-6-16(11)19-18-12(2)8-17(29)26(15-4-5-15)20(18)25-21(24-19)23-14(9-27)10-28/h3,6-8,14-15,27-28H,4-5,9-10H2,1-2H3,(H,23,24,25). The van der Waals surface area contributed by atoms with Crippen LogP contribution in [-0.4, -0.2) is 44.0 Å². The second-order valence-corrected chi connectivity index (χ2v) is 7.53. The zero-order chi connectivity index (χ0) is 20.7. The largest absolute Gasteiger partial charge is 0.394 e. The smallest absolute Gasteiger partial charge is 0.252 e. The van der Waals surface area contributed by atoms with Gasteiger partial charge in [0.05, 0.1) is 24.9 Å². The summed E-state index contributed by atoms with van der Waals surface area (Å²) in [6.45, 7) is 3.04. The van der Waals surface area contributed by atoms with Gasteiger partial charge in [0, 0.05) is 23.1 Å². The molecule has 2 heterocycles. The van der Waals surface area contributed by atoms with Gasteiger partial charge in [0.15, 0.2) is 0 Å². The van der Waals surface area contributed by atoms with Crippen molar-refractivity contribution in [3.05, 3.63) is 51.6 Å². The molecule has 0 unspecified atom stereocenters. The zero-order valence-electron chi connectivity index (χ0n) is 16.3. The summed E-state index contributed by atoms with van der Waals surface area (Å²) in [5.41, 5.74) is 3.15. The molecule has 3 aromatic rings. The average molecular weight is 398 g/mol. The lowest BCUT2D eigenvalue weighted by atomic mass is 10.0. The Hall–Kier alpha value is -2.84. The minimum absolute atomic E-state index is 0.0991. The van der Waals surface area contributed by atoms with E-state index in [-0.39, 0.29) is 36.6 Å². The van der Waals surface area contributed by atoms with E-state index >= 15 is 0 Å². The molecule has 0 aliphatic heterocycles. The van der Waals surface area contributed by atoms with Crippen LogP contribution in [0.25, 0.3) is 22.3 Å². The molecule has 0 saturated heterocycles. The Morgan fingerprint density at radius 3 is 2.52 bits per heavy atom. The molecule has 0 radical (unpaired) electrons. The van der Waals surface area contributed by atoms with E-state index in [1.54, 1.807) is 23.6 Å². The number of rotatable bonds is 6. The van der Waals surface area contributed by atoms with Crippen LogP contribution in [0.2, 0.25) is 0 Å². The van der Waals surface area contributed by atoms with Gasteiger partial charge >= 0.3 is 0 Å². The number of aryl methyl sites for hydroxylation is 2. The summed E-state index contributed by atoms with van der Waals surface area (Å²) < 4.78 is 15.4. The maximum atomic E-state index is 13.7. The van der Waals surface area contributed by atoms with Gasteiger partial charge in [-0.15, -0.1) is 0 Å². The van der Waals surface area contributed by atoms with Gasteiger partial charge in [-0.2, -0.15) is 4.98 Å². The van der Waals surface area contributed by atoms with Crippen molar-refractivity contribution in [2.45, 2.75) is 38.8 Å². The highest BCUT2D eigenvalue weighted by molar-refractivity contribution is 5.94. The van der Waals surface area contributed by atoms with Crippen molar-refractivity contribution >= 4 is 17.0 Å². The van der Waals surface area contributed by atoms with E-state index < -0.39 is 6.04 Å². The number of anilines is 1. The molecule has 1 aliphatic carbocycles. The fraction of sp³-hybridized carbons (Fsp3) is 0.381. The summed E-state index contributed by atoms with van der Waals surface area (Å²) in [5, 5.41) is 22.5. The maximum Gasteiger partial charge on any atom is 0.252 e. The van der Waals surface area contributed by atoms with Gasteiger partial charge in [0.25, 0.3) is 5.56 Å². The number of benzene rings is 1. The quantitative estimate of drug-likeness (QED) is 0.589. The van der Waals surface area contributed by atoms with Crippen molar-refractivity contribution in [3.63, 3.8) is 0 Å². The predicted molar refractivity (Wildman–Crippen MR) is 109 cm³/mol. The Kier molecular flexibility index (Phi) is 5.06. The molecule has 1 aliphatic rings. The van der Waals surface area contributed by atoms with Crippen LogP contribution in [-0.2, 0) is 0 Å². The van der Waals surface area contributed by atoms with Crippen molar-refractivity contribution in [2.75, 3.05) is 18.5 Å². The van der Waals surface area contributed by atoms with Crippen molar-refractivity contribution in [1.29, 1.82) is 0 Å². The van der Waals surface area contributed by atoms with Gasteiger partial charge in [0.2, 0.25) is 5.95 Å². The molecule has 0 amide bonds. The number of halogens is 1. The van der Waals surface area contributed by atoms with E-state index in [4.69, 9.17) is 0 Å². The Balaban J connectivity index is 2.04. The summed E-state index contributed by atoms with van der Waals surface area (Å²) >= 11 is 0. The SMILES string of the molecule is Cc1cc(F)ccc1-c1nc(NC(CO)CO)nc2c1c(C)cc(=O)n2C1CC1. The number of aliphatic hydroxyl groups is 2. The van der Waals surface area contributed by atoms with Crippen molar-refractivity contribution < 1.29 is 14.6 Å². The molecule has 7 nitrogen and oxygen atoms in total. The zero-order valence-corrected chi connectivity index (χ0v) is 16.3. The van der Waals surface area contributed by atoms with Crippen molar-refractivity contribution in [2.24, 2.45) is 0 Å². The van der Waals surface area contributed by atoms with Gasteiger partial charge in [0.1, 0.15) is 11.5 Å². The molecule has 0 atom stereocenters. The molecule has 0 bridgehead atoms. The van der Waals surface area contributed by atoms with Crippen LogP contribution >= 0.6 is 0 Å². The molecule has 0 spiro atoms. The number of pyridine rings is 1. The average Bonchev–Trinajstić information content (AvgIpc) is 3.50. The molecule has 3 N–H and O–H groups in total. The molecule has 29 heavy (non-hydrogen) atoms. The summed E-state index contributed by atoms with van der Waals surface area (Å²) in [7, 11) is 0. The highest BCUT2D eigenvalue weighted by Crippen LogP contribution is 2.38. The Bertz CT molecular complexity index is 1140. The maximum absolute atomic E-state index is 13.7. The third-order valence-corrected chi connectivity index (χ3v) is 5.22. The first-order valence-corrected chi connectivity index (χ1v) is 9.61. The first-order chi connectivity index (χ1) is 13.9. The predicted octanol–water partition coefficient (Wildman–Crippen LogP) is 2.31. The topological polar surface area (TPSA) is 100 Å². The van der Waals surface area contributed by atoms with Gasteiger partial charge < -0.3 is 15.5 Å². The fourth-order valence-electron chi connectivity index (χ4n) is 3.59. The molecular weight excluding hydrogens is 375 g/mol. The normalized spacial score (nSPS) is 14.0. The number of nitrogens with one attached hydrogen (secondary N) is 1. The Morgan fingerprint density at radius 1 is 1.17 bits per heavy atom.